The number of guanidine groups is 1. The summed E-state index contributed by atoms with van der Waals surface area (Å²) in [4.78, 5) is 6.91. The maximum atomic E-state index is 5.41. The second-order valence-corrected chi connectivity index (χ2v) is 7.73. The van der Waals surface area contributed by atoms with Crippen LogP contribution in [0.5, 0.6) is 0 Å². The fourth-order valence-electron chi connectivity index (χ4n) is 4.01. The Hall–Kier alpha value is -0.810. The fraction of sp³-hybridized carbons (Fsp3) is 0.944. The van der Waals surface area contributed by atoms with E-state index >= 15 is 0 Å². The van der Waals surface area contributed by atoms with E-state index < -0.39 is 0 Å². The fourth-order valence-corrected chi connectivity index (χ4v) is 4.01. The summed E-state index contributed by atoms with van der Waals surface area (Å²) in [5.74, 6) is 3.20. The largest absolute Gasteiger partial charge is 0.379 e. The molecule has 0 aromatic heterocycles. The quantitative estimate of drug-likeness (QED) is 0.599. The molecule has 2 aliphatic rings. The van der Waals surface area contributed by atoms with Gasteiger partial charge in [-0.3, -0.25) is 9.89 Å². The average Bonchev–Trinajstić information content (AvgIpc) is 2.51. The highest BCUT2D eigenvalue weighted by Gasteiger charge is 2.24. The van der Waals surface area contributed by atoms with Crippen molar-refractivity contribution in [3.8, 4) is 0 Å². The molecule has 1 saturated heterocycles. The molecule has 1 heterocycles. The second-order valence-electron chi connectivity index (χ2n) is 7.73. The van der Waals surface area contributed by atoms with Crippen LogP contribution in [0, 0.1) is 17.8 Å². The van der Waals surface area contributed by atoms with Gasteiger partial charge in [0.2, 0.25) is 0 Å². The van der Waals surface area contributed by atoms with Gasteiger partial charge in [0.15, 0.2) is 5.96 Å². The first-order valence-corrected chi connectivity index (χ1v) is 9.34. The van der Waals surface area contributed by atoms with E-state index in [2.05, 4.69) is 41.3 Å². The molecule has 0 amide bonds. The SMILES string of the molecule is CN=C(NCC(C)CN1CCOCC1)NC1CC(C)CC(C)C1. The number of nitrogens with zero attached hydrogens (tertiary/aromatic N) is 2. The van der Waals surface area contributed by atoms with Crippen LogP contribution in [0.4, 0.5) is 0 Å². The standard InChI is InChI=1S/C18H36N4O/c1-14-9-15(2)11-17(10-14)21-18(19-4)20-12-16(3)13-22-5-7-23-8-6-22/h14-17H,5-13H2,1-4H3,(H2,19,20,21). The van der Waals surface area contributed by atoms with Gasteiger partial charge < -0.3 is 15.4 Å². The molecular formula is C18H36N4O. The summed E-state index contributed by atoms with van der Waals surface area (Å²) in [7, 11) is 1.87. The molecular weight excluding hydrogens is 288 g/mol. The number of hydrogen-bond acceptors (Lipinski definition) is 3. The predicted molar refractivity (Wildman–Crippen MR) is 96.9 cm³/mol. The molecule has 2 N–H and O–H groups in total. The normalized spacial score (nSPS) is 31.7. The Kier molecular flexibility index (Phi) is 7.63. The van der Waals surface area contributed by atoms with Crippen LogP contribution in [0.1, 0.15) is 40.0 Å². The first kappa shape index (κ1) is 18.5. The van der Waals surface area contributed by atoms with Crippen molar-refractivity contribution in [2.75, 3.05) is 46.4 Å². The molecule has 5 nitrogen and oxygen atoms in total. The molecule has 0 aromatic carbocycles. The number of rotatable bonds is 5. The summed E-state index contributed by atoms with van der Waals surface area (Å²) in [6, 6.07) is 0.564. The van der Waals surface area contributed by atoms with Crippen molar-refractivity contribution < 1.29 is 4.74 Å². The third kappa shape index (κ3) is 6.68. The lowest BCUT2D eigenvalue weighted by atomic mass is 9.80. The first-order chi connectivity index (χ1) is 11.1. The lowest BCUT2D eigenvalue weighted by Crippen LogP contribution is -2.48. The van der Waals surface area contributed by atoms with Crippen LogP contribution in [-0.2, 0) is 4.74 Å². The van der Waals surface area contributed by atoms with Crippen LogP contribution in [0.15, 0.2) is 4.99 Å². The number of aliphatic imine (C=N–C) groups is 1. The van der Waals surface area contributed by atoms with E-state index in [0.29, 0.717) is 12.0 Å². The Labute approximate surface area is 142 Å². The van der Waals surface area contributed by atoms with E-state index in [9.17, 15) is 0 Å². The molecule has 0 spiro atoms. The monoisotopic (exact) mass is 324 g/mol. The summed E-state index contributed by atoms with van der Waals surface area (Å²) in [6.07, 6.45) is 3.88. The summed E-state index contributed by atoms with van der Waals surface area (Å²) in [5.41, 5.74) is 0. The van der Waals surface area contributed by atoms with Crippen LogP contribution in [0.2, 0.25) is 0 Å². The van der Waals surface area contributed by atoms with Crippen molar-refractivity contribution in [3.05, 3.63) is 0 Å². The number of nitrogens with one attached hydrogen (secondary N) is 2. The molecule has 1 aliphatic carbocycles. The Bertz CT molecular complexity index is 358. The maximum absolute atomic E-state index is 5.41. The van der Waals surface area contributed by atoms with Crippen molar-refractivity contribution in [2.24, 2.45) is 22.7 Å². The minimum Gasteiger partial charge on any atom is -0.379 e. The zero-order valence-corrected chi connectivity index (χ0v) is 15.5. The Balaban J connectivity index is 1.69. The molecule has 134 valence electrons. The van der Waals surface area contributed by atoms with E-state index in [4.69, 9.17) is 4.74 Å². The van der Waals surface area contributed by atoms with Gasteiger partial charge in [0, 0.05) is 39.3 Å². The zero-order valence-electron chi connectivity index (χ0n) is 15.5. The van der Waals surface area contributed by atoms with Crippen LogP contribution < -0.4 is 10.6 Å². The maximum Gasteiger partial charge on any atom is 0.191 e. The van der Waals surface area contributed by atoms with Crippen LogP contribution in [0.3, 0.4) is 0 Å². The zero-order chi connectivity index (χ0) is 16.7. The van der Waals surface area contributed by atoms with E-state index in [1.54, 1.807) is 0 Å². The minimum atomic E-state index is 0.564. The van der Waals surface area contributed by atoms with Gasteiger partial charge in [0.05, 0.1) is 13.2 Å². The molecule has 23 heavy (non-hydrogen) atoms. The second kappa shape index (κ2) is 9.48. The van der Waals surface area contributed by atoms with Gasteiger partial charge in [-0.05, 0) is 37.0 Å². The van der Waals surface area contributed by atoms with Crippen molar-refractivity contribution in [1.82, 2.24) is 15.5 Å². The lowest BCUT2D eigenvalue weighted by Gasteiger charge is -2.33. The Morgan fingerprint density at radius 3 is 2.43 bits per heavy atom. The van der Waals surface area contributed by atoms with Gasteiger partial charge in [-0.2, -0.15) is 0 Å². The van der Waals surface area contributed by atoms with Gasteiger partial charge >= 0.3 is 0 Å². The minimum absolute atomic E-state index is 0.564. The van der Waals surface area contributed by atoms with Crippen molar-refractivity contribution in [3.63, 3.8) is 0 Å². The van der Waals surface area contributed by atoms with Crippen LogP contribution in [-0.4, -0.2) is 63.3 Å². The van der Waals surface area contributed by atoms with Crippen molar-refractivity contribution >= 4 is 5.96 Å². The summed E-state index contributed by atoms with van der Waals surface area (Å²) < 4.78 is 5.41. The molecule has 0 bridgehead atoms. The highest BCUT2D eigenvalue weighted by molar-refractivity contribution is 5.79. The molecule has 1 aliphatic heterocycles. The molecule has 2 rings (SSSR count). The highest BCUT2D eigenvalue weighted by atomic mass is 16.5. The molecule has 2 fully saturated rings. The van der Waals surface area contributed by atoms with Gasteiger partial charge in [-0.15, -0.1) is 0 Å². The Morgan fingerprint density at radius 2 is 1.83 bits per heavy atom. The molecule has 5 heteroatoms. The molecule has 3 atom stereocenters. The highest BCUT2D eigenvalue weighted by Crippen LogP contribution is 2.28. The molecule has 3 unspecified atom stereocenters. The Morgan fingerprint density at radius 1 is 1.17 bits per heavy atom. The smallest absolute Gasteiger partial charge is 0.191 e. The van der Waals surface area contributed by atoms with E-state index in [1.807, 2.05) is 7.05 Å². The van der Waals surface area contributed by atoms with Gasteiger partial charge in [-0.25, -0.2) is 0 Å². The van der Waals surface area contributed by atoms with Crippen LogP contribution in [0.25, 0.3) is 0 Å². The topological polar surface area (TPSA) is 48.9 Å². The van der Waals surface area contributed by atoms with Crippen LogP contribution >= 0.6 is 0 Å². The number of morpholine rings is 1. The third-order valence-corrected chi connectivity index (χ3v) is 5.03. The lowest BCUT2D eigenvalue weighted by molar-refractivity contribution is 0.0320. The molecule has 0 radical (unpaired) electrons. The summed E-state index contributed by atoms with van der Waals surface area (Å²) in [5, 5.41) is 7.15. The number of ether oxygens (including phenoxy) is 1. The first-order valence-electron chi connectivity index (χ1n) is 9.34. The van der Waals surface area contributed by atoms with Gasteiger partial charge in [-0.1, -0.05) is 20.8 Å². The predicted octanol–water partition coefficient (Wildman–Crippen LogP) is 1.94. The van der Waals surface area contributed by atoms with Gasteiger partial charge in [0.25, 0.3) is 0 Å². The van der Waals surface area contributed by atoms with E-state index in [-0.39, 0.29) is 0 Å². The third-order valence-electron chi connectivity index (χ3n) is 5.03. The number of hydrogen-bond donors (Lipinski definition) is 2. The van der Waals surface area contributed by atoms with E-state index in [1.165, 1.54) is 19.3 Å². The van der Waals surface area contributed by atoms with Crippen molar-refractivity contribution in [1.29, 1.82) is 0 Å². The van der Waals surface area contributed by atoms with Crippen molar-refractivity contribution in [2.45, 2.75) is 46.1 Å². The average molecular weight is 325 g/mol. The van der Waals surface area contributed by atoms with E-state index in [0.717, 1.165) is 57.2 Å². The molecule has 1 saturated carbocycles. The molecule has 0 aromatic rings. The van der Waals surface area contributed by atoms with Gasteiger partial charge in [0.1, 0.15) is 0 Å². The summed E-state index contributed by atoms with van der Waals surface area (Å²) in [6.45, 7) is 13.0. The summed E-state index contributed by atoms with van der Waals surface area (Å²) >= 11 is 0.